The summed E-state index contributed by atoms with van der Waals surface area (Å²) < 4.78 is 32.2. The van der Waals surface area contributed by atoms with Gasteiger partial charge in [0.05, 0.1) is 33.5 Å². The number of fused-ring (bicyclic) bond motifs is 8. The number of hydrogen-bond donors (Lipinski definition) is 1. The van der Waals surface area contributed by atoms with Gasteiger partial charge in [-0.25, -0.2) is 0 Å². The van der Waals surface area contributed by atoms with E-state index in [1.54, 1.807) is 7.11 Å². The maximum atomic E-state index is 11.4. The summed E-state index contributed by atoms with van der Waals surface area (Å²) in [5, 5.41) is 11.4. The lowest BCUT2D eigenvalue weighted by atomic mass is 9.90. The molecule has 0 saturated carbocycles. The van der Waals surface area contributed by atoms with Crippen molar-refractivity contribution in [2.24, 2.45) is 0 Å². The van der Waals surface area contributed by atoms with Gasteiger partial charge < -0.3 is 28.8 Å². The van der Waals surface area contributed by atoms with Crippen LogP contribution in [0.2, 0.25) is 0 Å². The van der Waals surface area contributed by atoms with Gasteiger partial charge in [-0.1, -0.05) is 95.3 Å². The van der Waals surface area contributed by atoms with Gasteiger partial charge in [0, 0.05) is 49.9 Å². The van der Waals surface area contributed by atoms with E-state index in [1.165, 1.54) is 11.1 Å². The Kier molecular flexibility index (Phi) is 15.4. The molecule has 0 radical (unpaired) electrons. The Bertz CT molecular complexity index is 2090. The van der Waals surface area contributed by atoms with E-state index in [-0.39, 0.29) is 5.75 Å². The van der Waals surface area contributed by atoms with Crippen LogP contribution in [0.4, 0.5) is 0 Å². The maximum Gasteiger partial charge on any atom is 0.126 e. The summed E-state index contributed by atoms with van der Waals surface area (Å²) in [7, 11) is 1.70. The van der Waals surface area contributed by atoms with Crippen LogP contribution >= 0.6 is 0 Å². The van der Waals surface area contributed by atoms with E-state index in [0.29, 0.717) is 52.1 Å². The normalized spacial score (nSPS) is 12.3. The molecule has 1 aliphatic rings. The van der Waals surface area contributed by atoms with Crippen LogP contribution in [0.25, 0.3) is 0 Å². The Morgan fingerprint density at radius 2 is 0.828 bits per heavy atom. The second kappa shape index (κ2) is 21.0. The molecule has 8 bridgehead atoms. The average molecular weight is 786 g/mol. The van der Waals surface area contributed by atoms with Gasteiger partial charge in [-0.05, 0) is 101 Å². The lowest BCUT2D eigenvalue weighted by Crippen LogP contribution is -2.22. The number of aromatic hydroxyl groups is 1. The first-order valence-electron chi connectivity index (χ1n) is 21.4. The third-order valence-electron chi connectivity index (χ3n) is 10.6. The molecule has 0 saturated heterocycles. The number of nitrogens with zero attached hydrogens (tertiary/aromatic N) is 1. The third-order valence-corrected chi connectivity index (χ3v) is 10.6. The van der Waals surface area contributed by atoms with E-state index in [9.17, 15) is 5.11 Å². The fourth-order valence-corrected chi connectivity index (χ4v) is 7.92. The molecule has 0 aliphatic heterocycles. The minimum absolute atomic E-state index is 0.221. The highest BCUT2D eigenvalue weighted by atomic mass is 16.5. The van der Waals surface area contributed by atoms with E-state index in [0.717, 1.165) is 119 Å². The van der Waals surface area contributed by atoms with E-state index < -0.39 is 0 Å². The quantitative estimate of drug-likeness (QED) is 0.0930. The Balaban J connectivity index is 1.57. The summed E-state index contributed by atoms with van der Waals surface area (Å²) in [5.74, 6) is 4.64. The number of para-hydroxylation sites is 2. The molecule has 7 heteroatoms. The standard InChI is InChI=1S/C51H63NO6/c1-7-22-55-48-38-14-12-16-40(48)29-42-26-37(35-52(11-5)34-36-18-20-47(54-6)21-19-36)27-43(50(42)57-24-9-3)31-45-33-46(53)32-44(51(45)58-25-10-4)30-41-17-13-15-39(28-38)49(41)56-23-8-2/h12-21,26-27,32-33,53H,7-11,22-25,28-31,34-35H2,1-6H3. The lowest BCUT2D eigenvalue weighted by molar-refractivity contribution is 0.270. The molecule has 0 unspecified atom stereocenters. The van der Waals surface area contributed by atoms with E-state index >= 15 is 0 Å². The van der Waals surface area contributed by atoms with Crippen molar-refractivity contribution in [1.29, 1.82) is 0 Å². The van der Waals surface area contributed by atoms with Gasteiger partial charge in [-0.15, -0.1) is 0 Å². The molecule has 5 aromatic rings. The highest BCUT2D eigenvalue weighted by Gasteiger charge is 2.23. The molecular weight excluding hydrogens is 723 g/mol. The Morgan fingerprint density at radius 1 is 0.466 bits per heavy atom. The van der Waals surface area contributed by atoms with Crippen molar-refractivity contribution in [1.82, 2.24) is 4.90 Å². The van der Waals surface area contributed by atoms with Gasteiger partial charge >= 0.3 is 0 Å². The summed E-state index contributed by atoms with van der Waals surface area (Å²) in [6.07, 6.45) is 5.94. The molecular formula is C51H63NO6. The summed E-state index contributed by atoms with van der Waals surface area (Å²) in [5.41, 5.74) is 11.0. The number of methoxy groups -OCH3 is 1. The van der Waals surface area contributed by atoms with Crippen molar-refractivity contribution in [2.75, 3.05) is 40.1 Å². The van der Waals surface area contributed by atoms with Crippen molar-refractivity contribution in [3.05, 3.63) is 141 Å². The van der Waals surface area contributed by atoms with Gasteiger partial charge in [0.25, 0.3) is 0 Å². The van der Waals surface area contributed by atoms with Crippen LogP contribution in [-0.4, -0.2) is 50.1 Å². The van der Waals surface area contributed by atoms with Gasteiger partial charge in [0.1, 0.15) is 34.5 Å². The summed E-state index contributed by atoms with van der Waals surface area (Å²) >= 11 is 0. The van der Waals surface area contributed by atoms with E-state index in [1.807, 2.05) is 24.3 Å². The van der Waals surface area contributed by atoms with Crippen molar-refractivity contribution < 1.29 is 28.8 Å². The molecule has 0 fully saturated rings. The molecule has 0 spiro atoms. The first-order chi connectivity index (χ1) is 28.4. The first kappa shape index (κ1) is 42.5. The van der Waals surface area contributed by atoms with Crippen molar-refractivity contribution in [3.63, 3.8) is 0 Å². The first-order valence-corrected chi connectivity index (χ1v) is 21.4. The number of phenols is 1. The van der Waals surface area contributed by atoms with Crippen LogP contribution < -0.4 is 23.7 Å². The zero-order chi connectivity index (χ0) is 40.9. The zero-order valence-electron chi connectivity index (χ0n) is 35.6. The summed E-state index contributed by atoms with van der Waals surface area (Å²) in [4.78, 5) is 2.47. The van der Waals surface area contributed by atoms with Crippen LogP contribution in [0, 0.1) is 0 Å². The molecule has 0 aromatic heterocycles. The molecule has 308 valence electrons. The number of phenolic OH excluding ortho intramolecular Hbond substituents is 1. The van der Waals surface area contributed by atoms with Gasteiger partial charge in [-0.3, -0.25) is 4.90 Å². The van der Waals surface area contributed by atoms with E-state index in [2.05, 4.69) is 100 Å². The summed E-state index contributed by atoms with van der Waals surface area (Å²) in [6.45, 7) is 15.7. The minimum Gasteiger partial charge on any atom is -0.508 e. The van der Waals surface area contributed by atoms with Crippen molar-refractivity contribution in [3.8, 4) is 34.5 Å². The number of ether oxygens (including phenoxy) is 5. The van der Waals surface area contributed by atoms with Gasteiger partial charge in [0.15, 0.2) is 0 Å². The second-order valence-corrected chi connectivity index (χ2v) is 15.4. The fraction of sp³-hybridized carbons (Fsp3) is 0.412. The molecule has 7 nitrogen and oxygen atoms in total. The number of hydrogen-bond acceptors (Lipinski definition) is 7. The lowest BCUT2D eigenvalue weighted by Gasteiger charge is -2.25. The molecule has 0 amide bonds. The van der Waals surface area contributed by atoms with Crippen LogP contribution in [-0.2, 0) is 38.8 Å². The van der Waals surface area contributed by atoms with Crippen molar-refractivity contribution >= 4 is 0 Å². The predicted molar refractivity (Wildman–Crippen MR) is 235 cm³/mol. The van der Waals surface area contributed by atoms with Crippen LogP contribution in [0.3, 0.4) is 0 Å². The van der Waals surface area contributed by atoms with Crippen LogP contribution in [0.5, 0.6) is 34.5 Å². The molecule has 6 rings (SSSR count). The highest BCUT2D eigenvalue weighted by Crippen LogP contribution is 2.41. The van der Waals surface area contributed by atoms with Gasteiger partial charge in [0.2, 0.25) is 0 Å². The Morgan fingerprint density at radius 3 is 1.22 bits per heavy atom. The summed E-state index contributed by atoms with van der Waals surface area (Å²) in [6, 6.07) is 29.8. The highest BCUT2D eigenvalue weighted by molar-refractivity contribution is 5.58. The maximum absolute atomic E-state index is 11.4. The molecule has 1 N–H and O–H groups in total. The van der Waals surface area contributed by atoms with Crippen LogP contribution in [0.1, 0.15) is 116 Å². The monoisotopic (exact) mass is 785 g/mol. The smallest absolute Gasteiger partial charge is 0.126 e. The number of rotatable bonds is 18. The molecule has 58 heavy (non-hydrogen) atoms. The zero-order valence-corrected chi connectivity index (χ0v) is 35.6. The Hall–Kier alpha value is -5.14. The topological polar surface area (TPSA) is 69.6 Å². The largest absolute Gasteiger partial charge is 0.508 e. The third kappa shape index (κ3) is 10.7. The molecule has 1 aliphatic carbocycles. The average Bonchev–Trinajstić information content (AvgIpc) is 3.22. The molecule has 0 atom stereocenters. The SMILES string of the molecule is CCCOc1c2cccc1Cc1cc(O)cc(c1OCCC)Cc1cc(CN(CC)Cc3ccc(OC)cc3)cc(c1OCCC)Cc1cccc(c1OCCC)C2. The van der Waals surface area contributed by atoms with Crippen molar-refractivity contribution in [2.45, 2.75) is 99.1 Å². The predicted octanol–water partition coefficient (Wildman–Crippen LogP) is 11.3. The Labute approximate surface area is 346 Å². The number of benzene rings is 5. The fourth-order valence-electron chi connectivity index (χ4n) is 7.92. The minimum atomic E-state index is 0.221. The second-order valence-electron chi connectivity index (χ2n) is 15.4. The molecule has 0 heterocycles. The molecule has 5 aromatic carbocycles. The van der Waals surface area contributed by atoms with Gasteiger partial charge in [-0.2, -0.15) is 0 Å². The van der Waals surface area contributed by atoms with Crippen LogP contribution in [0.15, 0.2) is 84.9 Å². The van der Waals surface area contributed by atoms with E-state index in [4.69, 9.17) is 23.7 Å².